The number of aromatic nitrogens is 3. The molecule has 6 nitrogen and oxygen atoms in total. The van der Waals surface area contributed by atoms with Gasteiger partial charge in [-0.15, -0.1) is 5.10 Å². The van der Waals surface area contributed by atoms with E-state index < -0.39 is 11.6 Å². The quantitative estimate of drug-likeness (QED) is 0.247. The van der Waals surface area contributed by atoms with Crippen molar-refractivity contribution in [3.63, 3.8) is 0 Å². The van der Waals surface area contributed by atoms with Crippen LogP contribution < -0.4 is 9.47 Å². The van der Waals surface area contributed by atoms with Gasteiger partial charge in [0.2, 0.25) is 5.88 Å². The van der Waals surface area contributed by atoms with E-state index in [1.165, 1.54) is 25.4 Å². The minimum atomic E-state index is -0.780. The minimum Gasteiger partial charge on any atom is -0.486 e. The van der Waals surface area contributed by atoms with Gasteiger partial charge in [-0.25, -0.2) is 9.37 Å². The van der Waals surface area contributed by atoms with Gasteiger partial charge in [0.25, 0.3) is 0 Å². The lowest BCUT2D eigenvalue weighted by atomic mass is 10.0. The van der Waals surface area contributed by atoms with Crippen LogP contribution in [0.3, 0.4) is 0 Å². The number of carbonyl (C=O) groups is 1. The first kappa shape index (κ1) is 21.5. The number of nitrogens with zero attached hydrogens (tertiary/aromatic N) is 2. The highest BCUT2D eigenvalue weighted by Gasteiger charge is 2.21. The van der Waals surface area contributed by atoms with Crippen molar-refractivity contribution < 1.29 is 18.7 Å². The Morgan fingerprint density at radius 1 is 1.19 bits per heavy atom. The number of methoxy groups -OCH3 is 1. The molecule has 0 fully saturated rings. The number of hydrogen-bond acceptors (Lipinski definition) is 5. The van der Waals surface area contributed by atoms with Crippen LogP contribution in [0, 0.1) is 9.39 Å². The number of nitrogens with one attached hydrogen (secondary N) is 1. The molecule has 0 aliphatic rings. The van der Waals surface area contributed by atoms with Crippen molar-refractivity contribution in [1.29, 1.82) is 0 Å². The van der Waals surface area contributed by atoms with Gasteiger partial charge in [-0.2, -0.15) is 0 Å². The van der Waals surface area contributed by atoms with Crippen LogP contribution in [0.2, 0.25) is 5.02 Å². The van der Waals surface area contributed by atoms with Crippen molar-refractivity contribution >= 4 is 51.0 Å². The predicted molar refractivity (Wildman–Crippen MR) is 123 cm³/mol. The highest BCUT2D eigenvalue weighted by Crippen LogP contribution is 2.30. The third-order valence-electron chi connectivity index (χ3n) is 4.64. The Balaban J connectivity index is 1.56. The van der Waals surface area contributed by atoms with E-state index in [9.17, 15) is 4.79 Å². The summed E-state index contributed by atoms with van der Waals surface area (Å²) in [5.41, 5.74) is 1.79. The summed E-state index contributed by atoms with van der Waals surface area (Å²) in [7, 11) is 1.49. The number of pyridine rings is 1. The van der Waals surface area contributed by atoms with Gasteiger partial charge in [-0.05, 0) is 64.0 Å². The van der Waals surface area contributed by atoms with E-state index in [0.29, 0.717) is 22.5 Å². The summed E-state index contributed by atoms with van der Waals surface area (Å²) >= 11 is 8.36. The number of ether oxygens (including phenoxy) is 2. The number of halogens is 3. The summed E-state index contributed by atoms with van der Waals surface area (Å²) in [5.74, 6) is -0.924. The molecule has 2 heterocycles. The second kappa shape index (κ2) is 9.19. The van der Waals surface area contributed by atoms with Crippen LogP contribution in [-0.4, -0.2) is 28.1 Å². The molecule has 2 aromatic carbocycles. The number of ketones is 1. The Kier molecular flexibility index (Phi) is 6.38. The normalized spacial score (nSPS) is 11.0. The zero-order chi connectivity index (χ0) is 22.0. The monoisotopic (exact) mass is 551 g/mol. The number of benzene rings is 2. The molecule has 0 unspecified atom stereocenters. The van der Waals surface area contributed by atoms with Crippen molar-refractivity contribution in [2.75, 3.05) is 7.11 Å². The summed E-state index contributed by atoms with van der Waals surface area (Å²) in [6.07, 6.45) is 1.44. The SMILES string of the molecule is COc1n[nH]c2ncc(CC(=O)c3c(Cl)ccc(OCc4ccc(I)cc4)c3F)cc12. The van der Waals surface area contributed by atoms with E-state index in [4.69, 9.17) is 21.1 Å². The van der Waals surface area contributed by atoms with Crippen LogP contribution in [0.4, 0.5) is 4.39 Å². The number of Topliss-reactive ketones (excluding diaryl/α,β-unsaturated/α-hetero) is 1. The van der Waals surface area contributed by atoms with Gasteiger partial charge in [-0.1, -0.05) is 23.7 Å². The number of hydrogen-bond donors (Lipinski definition) is 1. The molecule has 4 aromatic rings. The molecule has 0 radical (unpaired) electrons. The van der Waals surface area contributed by atoms with Crippen LogP contribution >= 0.6 is 34.2 Å². The van der Waals surface area contributed by atoms with E-state index in [1.54, 1.807) is 6.07 Å². The third-order valence-corrected chi connectivity index (χ3v) is 5.67. The number of aromatic amines is 1. The van der Waals surface area contributed by atoms with Gasteiger partial charge in [0.15, 0.2) is 23.0 Å². The number of rotatable bonds is 7. The van der Waals surface area contributed by atoms with E-state index in [1.807, 2.05) is 24.3 Å². The van der Waals surface area contributed by atoms with Gasteiger partial charge >= 0.3 is 0 Å². The maximum Gasteiger partial charge on any atom is 0.241 e. The first-order chi connectivity index (χ1) is 15.0. The highest BCUT2D eigenvalue weighted by atomic mass is 127. The van der Waals surface area contributed by atoms with Crippen LogP contribution in [0.5, 0.6) is 11.6 Å². The topological polar surface area (TPSA) is 77.1 Å². The summed E-state index contributed by atoms with van der Waals surface area (Å²) in [6.45, 7) is 0.171. The van der Waals surface area contributed by atoms with Crippen molar-refractivity contribution in [3.05, 3.63) is 79.8 Å². The molecular formula is C22H16ClFIN3O3. The van der Waals surface area contributed by atoms with Crippen LogP contribution in [0.1, 0.15) is 21.5 Å². The maximum atomic E-state index is 15.1. The van der Waals surface area contributed by atoms with Crippen LogP contribution in [0.15, 0.2) is 48.7 Å². The summed E-state index contributed by atoms with van der Waals surface area (Å²) in [4.78, 5) is 17.1. The lowest BCUT2D eigenvalue weighted by Gasteiger charge is -2.12. The molecule has 1 N–H and O–H groups in total. The summed E-state index contributed by atoms with van der Waals surface area (Å²) in [5, 5.41) is 7.39. The molecule has 9 heteroatoms. The third kappa shape index (κ3) is 4.64. The average Bonchev–Trinajstić information content (AvgIpc) is 3.17. The maximum absolute atomic E-state index is 15.1. The van der Waals surface area contributed by atoms with Gasteiger partial charge < -0.3 is 9.47 Å². The van der Waals surface area contributed by atoms with Gasteiger partial charge in [0.1, 0.15) is 6.61 Å². The zero-order valence-electron chi connectivity index (χ0n) is 16.3. The average molecular weight is 552 g/mol. The second-order valence-corrected chi connectivity index (χ2v) is 8.38. The Hall–Kier alpha value is -2.72. The Morgan fingerprint density at radius 3 is 2.71 bits per heavy atom. The Labute approximate surface area is 195 Å². The molecule has 31 heavy (non-hydrogen) atoms. The number of fused-ring (bicyclic) bond motifs is 1. The van der Waals surface area contributed by atoms with Gasteiger partial charge in [0, 0.05) is 16.2 Å². The number of carbonyl (C=O) groups excluding carboxylic acids is 1. The van der Waals surface area contributed by atoms with E-state index in [2.05, 4.69) is 37.8 Å². The van der Waals surface area contributed by atoms with Crippen molar-refractivity contribution in [3.8, 4) is 11.6 Å². The second-order valence-electron chi connectivity index (χ2n) is 6.72. The molecule has 0 amide bonds. The molecule has 0 atom stereocenters. The zero-order valence-corrected chi connectivity index (χ0v) is 19.2. The molecular weight excluding hydrogens is 536 g/mol. The minimum absolute atomic E-state index is 0.0269. The Bertz CT molecular complexity index is 1260. The molecule has 0 saturated carbocycles. The summed E-state index contributed by atoms with van der Waals surface area (Å²) < 4.78 is 27.0. The number of H-pyrrole nitrogens is 1. The fourth-order valence-electron chi connectivity index (χ4n) is 3.09. The van der Waals surface area contributed by atoms with Crippen LogP contribution in [0.25, 0.3) is 11.0 Å². The highest BCUT2D eigenvalue weighted by molar-refractivity contribution is 14.1. The first-order valence-corrected chi connectivity index (χ1v) is 10.7. The van der Waals surface area contributed by atoms with Gasteiger partial charge in [0.05, 0.1) is 23.1 Å². The lowest BCUT2D eigenvalue weighted by Crippen LogP contribution is -2.09. The molecule has 4 rings (SSSR count). The first-order valence-electron chi connectivity index (χ1n) is 9.21. The lowest BCUT2D eigenvalue weighted by molar-refractivity contribution is 0.0988. The fourth-order valence-corrected chi connectivity index (χ4v) is 3.70. The smallest absolute Gasteiger partial charge is 0.241 e. The largest absolute Gasteiger partial charge is 0.486 e. The van der Waals surface area contributed by atoms with Crippen molar-refractivity contribution in [1.82, 2.24) is 15.2 Å². The standard InChI is InChI=1S/C22H16ClFIN3O3/c1-30-22-15-8-13(10-26-21(15)27-28-22)9-17(29)19-16(23)6-7-18(20(19)24)31-11-12-2-4-14(25)5-3-12/h2-8,10H,9,11H2,1H3,(H,26,27,28). The van der Waals surface area contributed by atoms with E-state index in [-0.39, 0.29) is 29.4 Å². The molecule has 0 aliphatic carbocycles. The van der Waals surface area contributed by atoms with E-state index >= 15 is 4.39 Å². The molecule has 2 aromatic heterocycles. The van der Waals surface area contributed by atoms with Gasteiger partial charge in [-0.3, -0.25) is 9.89 Å². The van der Waals surface area contributed by atoms with Crippen molar-refractivity contribution in [2.24, 2.45) is 0 Å². The molecule has 0 saturated heterocycles. The van der Waals surface area contributed by atoms with E-state index in [0.717, 1.165) is 9.13 Å². The molecule has 0 aliphatic heterocycles. The Morgan fingerprint density at radius 2 is 1.97 bits per heavy atom. The molecule has 158 valence electrons. The predicted octanol–water partition coefficient (Wildman–Crippen LogP) is 5.37. The van der Waals surface area contributed by atoms with Crippen LogP contribution in [-0.2, 0) is 13.0 Å². The molecule has 0 bridgehead atoms. The fraction of sp³-hybridized carbons (Fsp3) is 0.136. The summed E-state index contributed by atoms with van der Waals surface area (Å²) in [6, 6.07) is 12.3. The molecule has 0 spiro atoms. The van der Waals surface area contributed by atoms with Crippen molar-refractivity contribution in [2.45, 2.75) is 13.0 Å².